The molecule has 0 radical (unpaired) electrons. The zero-order chi connectivity index (χ0) is 55.7. The molecule has 0 aliphatic rings. The normalized spacial score (nSPS) is 12.4. The molecule has 77 heavy (non-hydrogen) atoms. The lowest BCUT2D eigenvalue weighted by Gasteiger charge is -2.18. The molecule has 0 saturated carbocycles. The van der Waals surface area contributed by atoms with Crippen molar-refractivity contribution >= 4 is 17.9 Å². The zero-order valence-corrected chi connectivity index (χ0v) is 51.5. The van der Waals surface area contributed by atoms with Crippen LogP contribution in [0.25, 0.3) is 0 Å². The second-order valence-corrected chi connectivity index (χ2v) is 22.7. The van der Waals surface area contributed by atoms with E-state index >= 15 is 0 Å². The molecule has 0 aliphatic carbocycles. The van der Waals surface area contributed by atoms with Crippen LogP contribution in [-0.2, 0) is 28.6 Å². The van der Waals surface area contributed by atoms with Crippen molar-refractivity contribution in [2.24, 2.45) is 0 Å². The van der Waals surface area contributed by atoms with E-state index in [1.165, 1.54) is 231 Å². The van der Waals surface area contributed by atoms with E-state index in [0.717, 1.165) is 77.0 Å². The molecule has 0 N–H and O–H groups in total. The number of carbonyl (C=O) groups excluding carboxylic acids is 3. The van der Waals surface area contributed by atoms with Gasteiger partial charge in [0.1, 0.15) is 13.2 Å². The second-order valence-electron chi connectivity index (χ2n) is 22.7. The molecule has 1 atom stereocenters. The molecule has 0 rings (SSSR count). The maximum atomic E-state index is 12.8. The minimum absolute atomic E-state index is 0.0935. The van der Waals surface area contributed by atoms with Gasteiger partial charge >= 0.3 is 17.9 Å². The number of esters is 3. The molecule has 0 aliphatic heterocycles. The quantitative estimate of drug-likeness (QED) is 0.0261. The summed E-state index contributed by atoms with van der Waals surface area (Å²) in [6, 6.07) is 0. The Morgan fingerprint density at radius 1 is 0.273 bits per heavy atom. The van der Waals surface area contributed by atoms with E-state index in [0.29, 0.717) is 19.3 Å². The van der Waals surface area contributed by atoms with Crippen LogP contribution in [0.3, 0.4) is 0 Å². The summed E-state index contributed by atoms with van der Waals surface area (Å²) in [4.78, 5) is 38.0. The Labute approximate surface area is 479 Å². The predicted octanol–water partition coefficient (Wildman–Crippen LogP) is 23.1. The first-order valence-corrected chi connectivity index (χ1v) is 33.8. The highest BCUT2D eigenvalue weighted by Crippen LogP contribution is 2.18. The summed E-state index contributed by atoms with van der Waals surface area (Å²) in [5.41, 5.74) is 0. The van der Waals surface area contributed by atoms with E-state index in [1.807, 2.05) is 0 Å². The number of carbonyl (C=O) groups is 3. The van der Waals surface area contributed by atoms with Crippen molar-refractivity contribution < 1.29 is 28.6 Å². The van der Waals surface area contributed by atoms with Gasteiger partial charge in [0.15, 0.2) is 6.10 Å². The van der Waals surface area contributed by atoms with E-state index < -0.39 is 6.10 Å². The van der Waals surface area contributed by atoms with Crippen LogP contribution < -0.4 is 0 Å². The van der Waals surface area contributed by atoms with Crippen LogP contribution in [-0.4, -0.2) is 37.2 Å². The molecule has 0 aromatic rings. The first kappa shape index (κ1) is 74.1. The average molecular weight is 1080 g/mol. The van der Waals surface area contributed by atoms with Gasteiger partial charge in [0.05, 0.1) is 0 Å². The Balaban J connectivity index is 3.96. The summed E-state index contributed by atoms with van der Waals surface area (Å²) in [5, 5.41) is 0. The number of hydrogen-bond acceptors (Lipinski definition) is 6. The Kier molecular flexibility index (Phi) is 63.2. The second kappa shape index (κ2) is 65.6. The molecule has 0 bridgehead atoms. The Morgan fingerprint density at radius 3 is 0.779 bits per heavy atom. The van der Waals surface area contributed by atoms with Crippen molar-refractivity contribution in [3.63, 3.8) is 0 Å². The third-order valence-electron chi connectivity index (χ3n) is 15.0. The monoisotopic (exact) mass is 1080 g/mol. The van der Waals surface area contributed by atoms with Crippen LogP contribution in [0.5, 0.6) is 0 Å². The molecule has 1 unspecified atom stereocenters. The largest absolute Gasteiger partial charge is 0.462 e. The van der Waals surface area contributed by atoms with Crippen LogP contribution in [0, 0.1) is 0 Å². The Hall–Kier alpha value is -2.89. The van der Waals surface area contributed by atoms with Crippen molar-refractivity contribution in [1.29, 1.82) is 0 Å². The van der Waals surface area contributed by atoms with Crippen LogP contribution in [0.4, 0.5) is 0 Å². The van der Waals surface area contributed by atoms with Crippen molar-refractivity contribution in [1.82, 2.24) is 0 Å². The maximum Gasteiger partial charge on any atom is 0.306 e. The fourth-order valence-electron chi connectivity index (χ4n) is 10.0. The van der Waals surface area contributed by atoms with Crippen LogP contribution >= 0.6 is 0 Å². The third-order valence-corrected chi connectivity index (χ3v) is 15.0. The van der Waals surface area contributed by atoms with Gasteiger partial charge in [0.25, 0.3) is 0 Å². The summed E-state index contributed by atoms with van der Waals surface area (Å²) in [6.07, 6.45) is 84.5. The van der Waals surface area contributed by atoms with Crippen LogP contribution in [0.2, 0.25) is 0 Å². The van der Waals surface area contributed by atoms with Crippen molar-refractivity contribution in [3.8, 4) is 0 Å². The predicted molar refractivity (Wildman–Crippen MR) is 335 cm³/mol. The SMILES string of the molecule is CC/C=C\C/C=C\C/C=C\C/C=C\C/C=C\CCCC(=O)OC(COC(=O)CCCCCCCCC)COC(=O)CCCCCCCCCCCCCCCCCCCCCCCCCCCCCCCCCCCCC. The maximum absolute atomic E-state index is 12.8. The van der Waals surface area contributed by atoms with Crippen molar-refractivity contribution in [3.05, 3.63) is 60.8 Å². The molecular formula is C71H128O6. The average Bonchev–Trinajstić information content (AvgIpc) is 3.43. The van der Waals surface area contributed by atoms with E-state index in [2.05, 4.69) is 81.5 Å². The van der Waals surface area contributed by atoms with E-state index in [1.54, 1.807) is 0 Å². The van der Waals surface area contributed by atoms with Crippen LogP contribution in [0.15, 0.2) is 60.8 Å². The first-order chi connectivity index (χ1) is 38.0. The summed E-state index contributed by atoms with van der Waals surface area (Å²) in [5.74, 6) is -0.945. The Bertz CT molecular complexity index is 1380. The molecule has 448 valence electrons. The number of hydrogen-bond donors (Lipinski definition) is 0. The fourth-order valence-corrected chi connectivity index (χ4v) is 10.0. The van der Waals surface area contributed by atoms with Gasteiger partial charge in [-0.1, -0.05) is 338 Å². The third kappa shape index (κ3) is 63.8. The van der Waals surface area contributed by atoms with Gasteiger partial charge in [-0.15, -0.1) is 0 Å². The minimum Gasteiger partial charge on any atom is -0.462 e. The Morgan fingerprint density at radius 2 is 0.506 bits per heavy atom. The molecule has 0 saturated heterocycles. The lowest BCUT2D eigenvalue weighted by atomic mass is 10.0. The molecule has 0 aromatic heterocycles. The molecule has 0 heterocycles. The smallest absolute Gasteiger partial charge is 0.306 e. The van der Waals surface area contributed by atoms with Gasteiger partial charge < -0.3 is 14.2 Å². The number of ether oxygens (including phenoxy) is 3. The van der Waals surface area contributed by atoms with Gasteiger partial charge in [0, 0.05) is 19.3 Å². The molecule has 0 aromatic carbocycles. The highest BCUT2D eigenvalue weighted by molar-refractivity contribution is 5.71. The lowest BCUT2D eigenvalue weighted by Crippen LogP contribution is -2.30. The summed E-state index contributed by atoms with van der Waals surface area (Å²) < 4.78 is 16.8. The lowest BCUT2D eigenvalue weighted by molar-refractivity contribution is -0.167. The highest BCUT2D eigenvalue weighted by atomic mass is 16.6. The first-order valence-electron chi connectivity index (χ1n) is 33.8. The van der Waals surface area contributed by atoms with Gasteiger partial charge in [-0.25, -0.2) is 0 Å². The van der Waals surface area contributed by atoms with Crippen molar-refractivity contribution in [2.75, 3.05) is 13.2 Å². The minimum atomic E-state index is -0.800. The topological polar surface area (TPSA) is 78.9 Å². The molecule has 0 spiro atoms. The molecule has 0 amide bonds. The standard InChI is InChI=1S/C71H128O6/c1-4-7-10-13-16-18-20-22-24-26-27-28-29-30-31-32-33-34-35-36-37-38-39-40-41-42-43-45-46-48-50-52-55-58-61-64-70(73)76-67-68(66-75-69(72)63-60-57-54-15-12-9-6-3)77-71(74)65-62-59-56-53-51-49-47-44-25-23-21-19-17-14-11-8-5-2/h8,11,17,19,23,25,47,49,53,56,68H,4-7,9-10,12-16,18,20-22,24,26-46,48,50-52,54-55,57-67H2,1-3H3/b11-8-,19-17-,25-23-,49-47-,56-53-. The summed E-state index contributed by atoms with van der Waals surface area (Å²) in [7, 11) is 0. The van der Waals surface area contributed by atoms with E-state index in [-0.39, 0.29) is 37.5 Å². The van der Waals surface area contributed by atoms with E-state index in [4.69, 9.17) is 14.2 Å². The van der Waals surface area contributed by atoms with Crippen LogP contribution in [0.1, 0.15) is 355 Å². The van der Waals surface area contributed by atoms with E-state index in [9.17, 15) is 14.4 Å². The zero-order valence-electron chi connectivity index (χ0n) is 51.5. The molecule has 0 fully saturated rings. The van der Waals surface area contributed by atoms with Crippen molar-refractivity contribution in [2.45, 2.75) is 361 Å². The van der Waals surface area contributed by atoms with Gasteiger partial charge in [-0.3, -0.25) is 14.4 Å². The molecule has 6 nitrogen and oxygen atoms in total. The van der Waals surface area contributed by atoms with Gasteiger partial charge in [0.2, 0.25) is 0 Å². The molecular weight excluding hydrogens is 949 g/mol. The van der Waals surface area contributed by atoms with Gasteiger partial charge in [-0.2, -0.15) is 0 Å². The summed E-state index contributed by atoms with van der Waals surface area (Å²) in [6.45, 7) is 6.48. The summed E-state index contributed by atoms with van der Waals surface area (Å²) >= 11 is 0. The number of unbranched alkanes of at least 4 members (excludes halogenated alkanes) is 41. The molecule has 6 heteroatoms. The number of rotatable bonds is 62. The fraction of sp³-hybridized carbons (Fsp3) is 0.817. The number of allylic oxidation sites excluding steroid dienone is 10. The van der Waals surface area contributed by atoms with Gasteiger partial charge in [-0.05, 0) is 57.8 Å². The highest BCUT2D eigenvalue weighted by Gasteiger charge is 2.19.